The van der Waals surface area contributed by atoms with Crippen LogP contribution in [0.4, 0.5) is 0 Å². The molecule has 3 heteroatoms. The number of carbonyl (C=O) groups is 1. The molecule has 0 aromatic heterocycles. The maximum absolute atomic E-state index is 11.9. The topological polar surface area (TPSA) is 40.5 Å². The molecule has 0 spiro atoms. The van der Waals surface area contributed by atoms with E-state index >= 15 is 0 Å². The number of nitrogens with zero attached hydrogens (tertiary/aromatic N) is 1. The Balaban J connectivity index is 1.79. The summed E-state index contributed by atoms with van der Waals surface area (Å²) in [6.07, 6.45) is 2.02. The first-order chi connectivity index (χ1) is 8.55. The van der Waals surface area contributed by atoms with Crippen LogP contribution in [-0.4, -0.2) is 41.0 Å². The number of carbonyl (C=O) groups excluding carboxylic acids is 1. The normalized spacial score (nSPS) is 19.7. The predicted octanol–water partition coefficient (Wildman–Crippen LogP) is 1.65. The van der Waals surface area contributed by atoms with Crippen molar-refractivity contribution >= 4 is 5.78 Å². The van der Waals surface area contributed by atoms with Crippen molar-refractivity contribution < 1.29 is 9.90 Å². The van der Waals surface area contributed by atoms with E-state index in [9.17, 15) is 9.90 Å². The molecule has 1 saturated heterocycles. The summed E-state index contributed by atoms with van der Waals surface area (Å²) in [4.78, 5) is 14.1. The van der Waals surface area contributed by atoms with Crippen LogP contribution >= 0.6 is 0 Å². The molecule has 0 unspecified atom stereocenters. The van der Waals surface area contributed by atoms with Crippen molar-refractivity contribution in [1.82, 2.24) is 4.90 Å². The Labute approximate surface area is 108 Å². The molecule has 98 valence electrons. The van der Waals surface area contributed by atoms with Crippen LogP contribution in [0.25, 0.3) is 0 Å². The average molecular weight is 247 g/mol. The number of rotatable bonds is 4. The first-order valence-electron chi connectivity index (χ1n) is 6.55. The number of ketones is 1. The summed E-state index contributed by atoms with van der Waals surface area (Å²) < 4.78 is 0. The van der Waals surface area contributed by atoms with Crippen LogP contribution in [0.15, 0.2) is 30.3 Å². The molecule has 1 fully saturated rings. The highest BCUT2D eigenvalue weighted by atomic mass is 16.3. The van der Waals surface area contributed by atoms with Crippen molar-refractivity contribution in [3.05, 3.63) is 35.9 Å². The molecule has 0 saturated carbocycles. The quantitative estimate of drug-likeness (QED) is 0.879. The Morgan fingerprint density at radius 1 is 1.28 bits per heavy atom. The van der Waals surface area contributed by atoms with E-state index in [0.717, 1.165) is 31.5 Å². The number of hydrogen-bond acceptors (Lipinski definition) is 3. The third kappa shape index (κ3) is 3.93. The monoisotopic (exact) mass is 247 g/mol. The van der Waals surface area contributed by atoms with Crippen molar-refractivity contribution in [2.24, 2.45) is 0 Å². The largest absolute Gasteiger partial charge is 0.390 e. The van der Waals surface area contributed by atoms with Gasteiger partial charge in [-0.25, -0.2) is 0 Å². The van der Waals surface area contributed by atoms with Crippen molar-refractivity contribution in [3.63, 3.8) is 0 Å². The molecular formula is C15H21NO2. The Hall–Kier alpha value is -1.19. The number of piperidine rings is 1. The van der Waals surface area contributed by atoms with E-state index in [1.54, 1.807) is 0 Å². The molecule has 1 aromatic carbocycles. The van der Waals surface area contributed by atoms with Gasteiger partial charge in [0.15, 0.2) is 5.78 Å². The van der Waals surface area contributed by atoms with Crippen molar-refractivity contribution in [1.29, 1.82) is 0 Å². The van der Waals surface area contributed by atoms with Crippen molar-refractivity contribution in [2.75, 3.05) is 19.6 Å². The average Bonchev–Trinajstić information content (AvgIpc) is 2.33. The minimum absolute atomic E-state index is 0.253. The van der Waals surface area contributed by atoms with Gasteiger partial charge in [0.1, 0.15) is 0 Å². The van der Waals surface area contributed by atoms with Crippen LogP contribution in [0.1, 0.15) is 25.3 Å². The van der Waals surface area contributed by atoms with Gasteiger partial charge in [0.2, 0.25) is 0 Å². The zero-order valence-corrected chi connectivity index (χ0v) is 10.9. The highest BCUT2D eigenvalue weighted by Crippen LogP contribution is 2.20. The third-order valence-corrected chi connectivity index (χ3v) is 3.58. The molecule has 0 atom stereocenters. The van der Waals surface area contributed by atoms with Gasteiger partial charge in [0, 0.05) is 19.5 Å². The third-order valence-electron chi connectivity index (χ3n) is 3.58. The molecule has 2 rings (SSSR count). The summed E-state index contributed by atoms with van der Waals surface area (Å²) in [7, 11) is 0. The molecule has 1 aromatic rings. The maximum Gasteiger partial charge on any atom is 0.151 e. The molecule has 0 bridgehead atoms. The minimum atomic E-state index is -0.543. The standard InChI is InChI=1S/C15H21NO2/c1-15(18)7-9-16(10-8-15)12-14(17)11-13-5-3-2-4-6-13/h2-6,18H,7-12H2,1H3. The first-order valence-corrected chi connectivity index (χ1v) is 6.55. The second-order valence-corrected chi connectivity index (χ2v) is 5.47. The molecule has 1 aliphatic heterocycles. The number of hydrogen-bond donors (Lipinski definition) is 1. The van der Waals surface area contributed by atoms with Crippen LogP contribution in [0, 0.1) is 0 Å². The van der Waals surface area contributed by atoms with Gasteiger partial charge in [0.25, 0.3) is 0 Å². The van der Waals surface area contributed by atoms with Crippen LogP contribution < -0.4 is 0 Å². The van der Waals surface area contributed by atoms with E-state index in [-0.39, 0.29) is 5.78 Å². The van der Waals surface area contributed by atoms with Crippen LogP contribution in [0.2, 0.25) is 0 Å². The number of aliphatic hydroxyl groups is 1. The fourth-order valence-electron chi connectivity index (χ4n) is 2.32. The first kappa shape index (κ1) is 13.2. The molecule has 0 amide bonds. The van der Waals surface area contributed by atoms with Crippen LogP contribution in [-0.2, 0) is 11.2 Å². The lowest BCUT2D eigenvalue weighted by molar-refractivity contribution is -0.120. The number of likely N-dealkylation sites (tertiary alicyclic amines) is 1. The van der Waals surface area contributed by atoms with Gasteiger partial charge in [0.05, 0.1) is 12.1 Å². The fraction of sp³-hybridized carbons (Fsp3) is 0.533. The molecule has 1 heterocycles. The van der Waals surface area contributed by atoms with Crippen molar-refractivity contribution in [2.45, 2.75) is 31.8 Å². The number of benzene rings is 1. The molecule has 1 aliphatic rings. The molecule has 0 radical (unpaired) electrons. The Bertz CT molecular complexity index is 390. The molecular weight excluding hydrogens is 226 g/mol. The van der Waals surface area contributed by atoms with Crippen molar-refractivity contribution in [3.8, 4) is 0 Å². The molecule has 18 heavy (non-hydrogen) atoms. The Morgan fingerprint density at radius 2 is 1.89 bits per heavy atom. The lowest BCUT2D eigenvalue weighted by Gasteiger charge is -2.35. The summed E-state index contributed by atoms with van der Waals surface area (Å²) in [6.45, 7) is 4.00. The summed E-state index contributed by atoms with van der Waals surface area (Å²) in [5.74, 6) is 0.253. The van der Waals surface area contributed by atoms with Crippen LogP contribution in [0.3, 0.4) is 0 Å². The van der Waals surface area contributed by atoms with Gasteiger partial charge in [-0.15, -0.1) is 0 Å². The highest BCUT2D eigenvalue weighted by molar-refractivity contribution is 5.82. The van der Waals surface area contributed by atoms with E-state index in [2.05, 4.69) is 4.90 Å². The fourth-order valence-corrected chi connectivity index (χ4v) is 2.32. The number of Topliss-reactive ketones (excluding diaryl/α,β-unsaturated/α-hetero) is 1. The minimum Gasteiger partial charge on any atom is -0.390 e. The Morgan fingerprint density at radius 3 is 2.50 bits per heavy atom. The summed E-state index contributed by atoms with van der Waals surface area (Å²) in [6, 6.07) is 9.85. The van der Waals surface area contributed by atoms with E-state index in [0.29, 0.717) is 13.0 Å². The second-order valence-electron chi connectivity index (χ2n) is 5.47. The maximum atomic E-state index is 11.9. The van der Waals surface area contributed by atoms with Gasteiger partial charge < -0.3 is 5.11 Å². The van der Waals surface area contributed by atoms with Gasteiger partial charge >= 0.3 is 0 Å². The van der Waals surface area contributed by atoms with Gasteiger partial charge in [-0.2, -0.15) is 0 Å². The molecule has 0 aliphatic carbocycles. The molecule has 1 N–H and O–H groups in total. The zero-order valence-electron chi connectivity index (χ0n) is 10.9. The van der Waals surface area contributed by atoms with E-state index in [1.165, 1.54) is 0 Å². The highest BCUT2D eigenvalue weighted by Gasteiger charge is 2.27. The lowest BCUT2D eigenvalue weighted by atomic mass is 9.93. The molecule has 3 nitrogen and oxygen atoms in total. The van der Waals surface area contributed by atoms with Gasteiger partial charge in [-0.3, -0.25) is 9.69 Å². The summed E-state index contributed by atoms with van der Waals surface area (Å²) in [5, 5.41) is 9.85. The Kier molecular flexibility index (Phi) is 4.15. The summed E-state index contributed by atoms with van der Waals surface area (Å²) >= 11 is 0. The SMILES string of the molecule is CC1(O)CCN(CC(=O)Cc2ccccc2)CC1. The zero-order chi connectivity index (χ0) is 13.0. The van der Waals surface area contributed by atoms with E-state index in [4.69, 9.17) is 0 Å². The smallest absolute Gasteiger partial charge is 0.151 e. The lowest BCUT2D eigenvalue weighted by Crippen LogP contribution is -2.44. The van der Waals surface area contributed by atoms with Crippen LogP contribution in [0.5, 0.6) is 0 Å². The van der Waals surface area contributed by atoms with Gasteiger partial charge in [-0.1, -0.05) is 30.3 Å². The summed E-state index contributed by atoms with van der Waals surface area (Å²) in [5.41, 5.74) is 0.533. The van der Waals surface area contributed by atoms with E-state index in [1.807, 2.05) is 37.3 Å². The predicted molar refractivity (Wildman–Crippen MR) is 71.5 cm³/mol. The van der Waals surface area contributed by atoms with Gasteiger partial charge in [-0.05, 0) is 25.3 Å². The second kappa shape index (κ2) is 5.63. The van der Waals surface area contributed by atoms with E-state index < -0.39 is 5.60 Å².